The zero-order chi connectivity index (χ0) is 9.07. The van der Waals surface area contributed by atoms with Crippen molar-refractivity contribution in [1.82, 2.24) is 0 Å². The van der Waals surface area contributed by atoms with Crippen LogP contribution in [0.25, 0.3) is 0 Å². The first-order chi connectivity index (χ1) is 5.91. The van der Waals surface area contributed by atoms with Crippen LogP contribution >= 0.6 is 0 Å². The lowest BCUT2D eigenvalue weighted by Gasteiger charge is -1.82. The van der Waals surface area contributed by atoms with E-state index in [2.05, 4.69) is 25.2 Å². The van der Waals surface area contributed by atoms with Gasteiger partial charge in [0.1, 0.15) is 0 Å². The molecule has 0 aliphatic carbocycles. The Morgan fingerprint density at radius 2 is 1.75 bits per heavy atom. The summed E-state index contributed by atoms with van der Waals surface area (Å²) in [4.78, 5) is 0. The molecule has 1 heteroatoms. The van der Waals surface area contributed by atoms with Gasteiger partial charge in [0.15, 0.2) is 0 Å². The minimum Gasteiger partial charge on any atom is -0.392 e. The number of rotatable bonds is 6. The topological polar surface area (TPSA) is 20.2 Å². The standard InChI is InChI=1S/C11H18O/c1-2-3-4-5-6-7-8-9-10-11-12/h4-5,7-10,12H,2-3,6,11H2,1H3/b5-4?,8-7?,10-9+. The van der Waals surface area contributed by atoms with E-state index < -0.39 is 0 Å². The summed E-state index contributed by atoms with van der Waals surface area (Å²) in [5, 5.41) is 8.40. The highest BCUT2D eigenvalue weighted by atomic mass is 16.2. The molecule has 0 saturated carbocycles. The van der Waals surface area contributed by atoms with Crippen molar-refractivity contribution in [3.63, 3.8) is 0 Å². The normalized spacial score (nSPS) is 12.5. The van der Waals surface area contributed by atoms with Crippen molar-refractivity contribution in [2.45, 2.75) is 26.2 Å². The van der Waals surface area contributed by atoms with Gasteiger partial charge in [-0.1, -0.05) is 49.8 Å². The van der Waals surface area contributed by atoms with Gasteiger partial charge >= 0.3 is 0 Å². The van der Waals surface area contributed by atoms with E-state index in [4.69, 9.17) is 5.11 Å². The fourth-order valence-corrected chi connectivity index (χ4v) is 0.756. The molecule has 0 aromatic rings. The molecule has 0 aliphatic rings. The highest BCUT2D eigenvalue weighted by Crippen LogP contribution is 1.92. The summed E-state index contributed by atoms with van der Waals surface area (Å²) in [7, 11) is 0. The smallest absolute Gasteiger partial charge is 0.0615 e. The second-order valence-electron chi connectivity index (χ2n) is 2.53. The predicted molar refractivity (Wildman–Crippen MR) is 54.0 cm³/mol. The van der Waals surface area contributed by atoms with Gasteiger partial charge in [-0.2, -0.15) is 0 Å². The summed E-state index contributed by atoms with van der Waals surface area (Å²) in [6.45, 7) is 2.29. The second-order valence-corrected chi connectivity index (χ2v) is 2.53. The molecular weight excluding hydrogens is 148 g/mol. The lowest BCUT2D eigenvalue weighted by molar-refractivity contribution is 0.343. The van der Waals surface area contributed by atoms with Gasteiger partial charge in [-0.05, 0) is 12.8 Å². The zero-order valence-corrected chi connectivity index (χ0v) is 7.74. The first kappa shape index (κ1) is 11.2. The molecule has 1 nitrogen and oxygen atoms in total. The maximum Gasteiger partial charge on any atom is 0.0615 e. The molecule has 12 heavy (non-hydrogen) atoms. The zero-order valence-electron chi connectivity index (χ0n) is 7.74. The third kappa shape index (κ3) is 9.18. The molecule has 0 fully saturated rings. The molecule has 0 amide bonds. The van der Waals surface area contributed by atoms with Gasteiger partial charge in [0.05, 0.1) is 6.61 Å². The SMILES string of the molecule is CCCC=CCC=C/C=C/CO. The number of hydrogen-bond donors (Lipinski definition) is 1. The van der Waals surface area contributed by atoms with Crippen LogP contribution in [0, 0.1) is 0 Å². The van der Waals surface area contributed by atoms with Gasteiger partial charge in [0, 0.05) is 0 Å². The molecule has 0 bridgehead atoms. The number of allylic oxidation sites excluding steroid dienone is 5. The summed E-state index contributed by atoms with van der Waals surface area (Å²) in [6, 6.07) is 0. The van der Waals surface area contributed by atoms with Crippen molar-refractivity contribution in [2.24, 2.45) is 0 Å². The van der Waals surface area contributed by atoms with Crippen molar-refractivity contribution in [2.75, 3.05) is 6.61 Å². The molecule has 0 heterocycles. The van der Waals surface area contributed by atoms with Crippen LogP contribution in [-0.4, -0.2) is 11.7 Å². The maximum atomic E-state index is 8.40. The van der Waals surface area contributed by atoms with Crippen LogP contribution in [0.3, 0.4) is 0 Å². The minimum absolute atomic E-state index is 0.121. The highest BCUT2D eigenvalue weighted by Gasteiger charge is 1.71. The molecule has 0 aromatic heterocycles. The number of aliphatic hydroxyl groups is 1. The first-order valence-corrected chi connectivity index (χ1v) is 4.49. The summed E-state index contributed by atoms with van der Waals surface area (Å²) < 4.78 is 0. The fourth-order valence-electron chi connectivity index (χ4n) is 0.756. The Labute approximate surface area is 75.1 Å². The van der Waals surface area contributed by atoms with Crippen LogP contribution in [-0.2, 0) is 0 Å². The number of aliphatic hydroxyl groups excluding tert-OH is 1. The van der Waals surface area contributed by atoms with Crippen molar-refractivity contribution >= 4 is 0 Å². The van der Waals surface area contributed by atoms with E-state index in [0.29, 0.717) is 0 Å². The van der Waals surface area contributed by atoms with Crippen molar-refractivity contribution in [1.29, 1.82) is 0 Å². The van der Waals surface area contributed by atoms with Crippen LogP contribution in [0.15, 0.2) is 36.5 Å². The minimum atomic E-state index is 0.121. The summed E-state index contributed by atoms with van der Waals surface area (Å²) in [6.07, 6.45) is 15.3. The van der Waals surface area contributed by atoms with Crippen LogP contribution < -0.4 is 0 Å². The number of unbranched alkanes of at least 4 members (excludes halogenated alkanes) is 1. The largest absolute Gasteiger partial charge is 0.392 e. The van der Waals surface area contributed by atoms with Gasteiger partial charge in [-0.3, -0.25) is 0 Å². The second kappa shape index (κ2) is 10.2. The van der Waals surface area contributed by atoms with E-state index in [0.717, 1.165) is 6.42 Å². The molecule has 0 spiro atoms. The van der Waals surface area contributed by atoms with Gasteiger partial charge in [0.2, 0.25) is 0 Å². The van der Waals surface area contributed by atoms with Crippen molar-refractivity contribution in [3.05, 3.63) is 36.5 Å². The Kier molecular flexibility index (Phi) is 9.48. The van der Waals surface area contributed by atoms with E-state index in [1.807, 2.05) is 12.2 Å². The molecule has 0 atom stereocenters. The average molecular weight is 166 g/mol. The Morgan fingerprint density at radius 1 is 1.00 bits per heavy atom. The molecule has 0 aromatic carbocycles. The molecule has 0 radical (unpaired) electrons. The quantitative estimate of drug-likeness (QED) is 0.475. The predicted octanol–water partition coefficient (Wildman–Crippen LogP) is 2.84. The summed E-state index contributed by atoms with van der Waals surface area (Å²) in [5.41, 5.74) is 0. The molecule has 68 valence electrons. The Hall–Kier alpha value is -0.820. The van der Waals surface area contributed by atoms with Gasteiger partial charge in [-0.15, -0.1) is 0 Å². The molecule has 1 N–H and O–H groups in total. The maximum absolute atomic E-state index is 8.40. The van der Waals surface area contributed by atoms with Gasteiger partial charge in [0.25, 0.3) is 0 Å². The summed E-state index contributed by atoms with van der Waals surface area (Å²) in [5.74, 6) is 0. The Morgan fingerprint density at radius 3 is 2.42 bits per heavy atom. The van der Waals surface area contributed by atoms with E-state index in [-0.39, 0.29) is 6.61 Å². The first-order valence-electron chi connectivity index (χ1n) is 4.49. The van der Waals surface area contributed by atoms with Crippen LogP contribution in [0.2, 0.25) is 0 Å². The average Bonchev–Trinajstić information content (AvgIpc) is 2.10. The molecule has 0 saturated heterocycles. The van der Waals surface area contributed by atoms with Gasteiger partial charge < -0.3 is 5.11 Å². The van der Waals surface area contributed by atoms with Crippen LogP contribution in [0.1, 0.15) is 26.2 Å². The Bertz CT molecular complexity index is 154. The van der Waals surface area contributed by atoms with Crippen LogP contribution in [0.5, 0.6) is 0 Å². The molecule has 0 aliphatic heterocycles. The number of hydrogen-bond acceptors (Lipinski definition) is 1. The molecular formula is C11H18O. The third-order valence-electron chi connectivity index (χ3n) is 1.38. The monoisotopic (exact) mass is 166 g/mol. The van der Waals surface area contributed by atoms with E-state index in [9.17, 15) is 0 Å². The van der Waals surface area contributed by atoms with E-state index >= 15 is 0 Å². The fraction of sp³-hybridized carbons (Fsp3) is 0.455. The van der Waals surface area contributed by atoms with Crippen LogP contribution in [0.4, 0.5) is 0 Å². The molecule has 0 unspecified atom stereocenters. The van der Waals surface area contributed by atoms with Crippen molar-refractivity contribution < 1.29 is 5.11 Å². The molecule has 0 rings (SSSR count). The van der Waals surface area contributed by atoms with E-state index in [1.165, 1.54) is 12.8 Å². The highest BCUT2D eigenvalue weighted by molar-refractivity contribution is 5.04. The Balaban J connectivity index is 3.29. The third-order valence-corrected chi connectivity index (χ3v) is 1.38. The lowest BCUT2D eigenvalue weighted by atomic mass is 10.2. The summed E-state index contributed by atoms with van der Waals surface area (Å²) >= 11 is 0. The van der Waals surface area contributed by atoms with E-state index in [1.54, 1.807) is 6.08 Å². The van der Waals surface area contributed by atoms with Gasteiger partial charge in [-0.25, -0.2) is 0 Å². The lowest BCUT2D eigenvalue weighted by Crippen LogP contribution is -1.67. The van der Waals surface area contributed by atoms with Crippen molar-refractivity contribution in [3.8, 4) is 0 Å².